The van der Waals surface area contributed by atoms with Gasteiger partial charge in [-0.2, -0.15) is 0 Å². The Morgan fingerprint density at radius 2 is 2.06 bits per heavy atom. The van der Waals surface area contributed by atoms with Crippen LogP contribution in [0.4, 0.5) is 17.1 Å². The van der Waals surface area contributed by atoms with Crippen LogP contribution in [0, 0.1) is 5.92 Å². The van der Waals surface area contributed by atoms with Gasteiger partial charge in [-0.25, -0.2) is 0 Å². The maximum atomic E-state index is 9.67. The van der Waals surface area contributed by atoms with Crippen molar-refractivity contribution in [3.8, 4) is 0 Å². The van der Waals surface area contributed by atoms with Gasteiger partial charge in [-0.3, -0.25) is 0 Å². The fraction of sp³-hybridized carbons (Fsp3) is 0.500. The van der Waals surface area contributed by atoms with Gasteiger partial charge in [0, 0.05) is 18.8 Å². The topological polar surface area (TPSA) is 75.5 Å². The Morgan fingerprint density at radius 1 is 1.31 bits per heavy atom. The van der Waals surface area contributed by atoms with Crippen LogP contribution in [0.25, 0.3) is 0 Å². The average molecular weight is 221 g/mol. The van der Waals surface area contributed by atoms with E-state index in [0.29, 0.717) is 17.3 Å². The molecule has 0 spiro atoms. The molecule has 1 heterocycles. The van der Waals surface area contributed by atoms with Gasteiger partial charge < -0.3 is 21.5 Å². The largest absolute Gasteiger partial charge is 0.397 e. The molecule has 2 rings (SSSR count). The standard InChI is InChI=1S/C12H19N3O/c1-8-7-15(5-4-12(8)16)9-2-3-10(13)11(14)6-9/h2-3,6,8,12,16H,4-5,7,13-14H2,1H3. The minimum absolute atomic E-state index is 0.178. The summed E-state index contributed by atoms with van der Waals surface area (Å²) in [5, 5.41) is 9.67. The van der Waals surface area contributed by atoms with E-state index in [0.717, 1.165) is 25.2 Å². The molecule has 0 radical (unpaired) electrons. The average Bonchev–Trinajstić information content (AvgIpc) is 2.26. The monoisotopic (exact) mass is 221 g/mol. The van der Waals surface area contributed by atoms with E-state index in [4.69, 9.17) is 11.5 Å². The van der Waals surface area contributed by atoms with Crippen LogP contribution in [0.5, 0.6) is 0 Å². The van der Waals surface area contributed by atoms with Gasteiger partial charge in [0.2, 0.25) is 0 Å². The number of aliphatic hydroxyl groups is 1. The zero-order valence-corrected chi connectivity index (χ0v) is 9.56. The van der Waals surface area contributed by atoms with Gasteiger partial charge in [-0.05, 0) is 30.5 Å². The maximum Gasteiger partial charge on any atom is 0.0599 e. The van der Waals surface area contributed by atoms with Crippen LogP contribution in [0.2, 0.25) is 0 Å². The summed E-state index contributed by atoms with van der Waals surface area (Å²) in [5.74, 6) is 0.299. The fourth-order valence-electron chi connectivity index (χ4n) is 2.13. The first-order valence-corrected chi connectivity index (χ1v) is 5.66. The minimum Gasteiger partial charge on any atom is -0.397 e. The first-order chi connectivity index (χ1) is 7.58. The molecule has 2 atom stereocenters. The van der Waals surface area contributed by atoms with Crippen molar-refractivity contribution in [2.24, 2.45) is 5.92 Å². The number of rotatable bonds is 1. The number of benzene rings is 1. The van der Waals surface area contributed by atoms with Crippen LogP contribution in [0.15, 0.2) is 18.2 Å². The number of hydrogen-bond acceptors (Lipinski definition) is 4. The Labute approximate surface area is 95.8 Å². The highest BCUT2D eigenvalue weighted by atomic mass is 16.3. The molecule has 4 nitrogen and oxygen atoms in total. The lowest BCUT2D eigenvalue weighted by Gasteiger charge is -2.36. The van der Waals surface area contributed by atoms with Gasteiger partial charge in [-0.15, -0.1) is 0 Å². The molecule has 2 unspecified atom stereocenters. The van der Waals surface area contributed by atoms with Gasteiger partial charge in [0.05, 0.1) is 17.5 Å². The molecule has 5 N–H and O–H groups in total. The molecule has 0 saturated carbocycles. The lowest BCUT2D eigenvalue weighted by atomic mass is 9.96. The SMILES string of the molecule is CC1CN(c2ccc(N)c(N)c2)CCC1O. The van der Waals surface area contributed by atoms with Crippen molar-refractivity contribution in [3.63, 3.8) is 0 Å². The zero-order chi connectivity index (χ0) is 11.7. The van der Waals surface area contributed by atoms with Crippen molar-refractivity contribution in [3.05, 3.63) is 18.2 Å². The van der Waals surface area contributed by atoms with Crippen LogP contribution in [-0.2, 0) is 0 Å². The second-order valence-electron chi connectivity index (χ2n) is 4.59. The first kappa shape index (κ1) is 11.1. The van der Waals surface area contributed by atoms with E-state index in [1.165, 1.54) is 0 Å². The summed E-state index contributed by atoms with van der Waals surface area (Å²) < 4.78 is 0. The third-order valence-electron chi connectivity index (χ3n) is 3.30. The molecular formula is C12H19N3O. The van der Waals surface area contributed by atoms with E-state index in [1.807, 2.05) is 18.2 Å². The number of hydrogen-bond donors (Lipinski definition) is 3. The summed E-state index contributed by atoms with van der Waals surface area (Å²) in [4.78, 5) is 2.24. The molecule has 1 aliphatic heterocycles. The molecule has 1 aromatic rings. The number of anilines is 3. The highest BCUT2D eigenvalue weighted by Crippen LogP contribution is 2.27. The van der Waals surface area contributed by atoms with E-state index in [-0.39, 0.29) is 6.10 Å². The highest BCUT2D eigenvalue weighted by molar-refractivity contribution is 5.69. The number of aliphatic hydroxyl groups excluding tert-OH is 1. The van der Waals surface area contributed by atoms with Gasteiger partial charge in [0.25, 0.3) is 0 Å². The summed E-state index contributed by atoms with van der Waals surface area (Å²) in [6, 6.07) is 5.72. The van der Waals surface area contributed by atoms with E-state index in [2.05, 4.69) is 11.8 Å². The van der Waals surface area contributed by atoms with Crippen LogP contribution < -0.4 is 16.4 Å². The summed E-state index contributed by atoms with van der Waals surface area (Å²) in [6.45, 7) is 3.80. The third kappa shape index (κ3) is 2.07. The van der Waals surface area contributed by atoms with E-state index in [1.54, 1.807) is 0 Å². The molecule has 0 amide bonds. The predicted molar refractivity (Wildman–Crippen MR) is 67.3 cm³/mol. The molecular weight excluding hydrogens is 202 g/mol. The molecule has 1 aromatic carbocycles. The lowest BCUT2D eigenvalue weighted by Crippen LogP contribution is -2.41. The van der Waals surface area contributed by atoms with E-state index in [9.17, 15) is 5.11 Å². The van der Waals surface area contributed by atoms with E-state index < -0.39 is 0 Å². The fourth-order valence-corrected chi connectivity index (χ4v) is 2.13. The highest BCUT2D eigenvalue weighted by Gasteiger charge is 2.24. The Bertz CT molecular complexity index is 381. The predicted octanol–water partition coefficient (Wildman–Crippen LogP) is 1.06. The van der Waals surface area contributed by atoms with Crippen molar-refractivity contribution >= 4 is 17.1 Å². The first-order valence-electron chi connectivity index (χ1n) is 5.66. The molecule has 0 aliphatic carbocycles. The van der Waals surface area contributed by atoms with Crippen molar-refractivity contribution in [1.82, 2.24) is 0 Å². The van der Waals surface area contributed by atoms with Gasteiger partial charge in [0.1, 0.15) is 0 Å². The van der Waals surface area contributed by atoms with Crippen molar-refractivity contribution in [2.45, 2.75) is 19.4 Å². The zero-order valence-electron chi connectivity index (χ0n) is 9.56. The number of nitrogens with zero attached hydrogens (tertiary/aromatic N) is 1. The van der Waals surface area contributed by atoms with Crippen molar-refractivity contribution in [2.75, 3.05) is 29.5 Å². The number of piperidine rings is 1. The van der Waals surface area contributed by atoms with Gasteiger partial charge in [0.15, 0.2) is 0 Å². The number of nitrogen functional groups attached to an aromatic ring is 2. The number of nitrogens with two attached hydrogens (primary N) is 2. The van der Waals surface area contributed by atoms with Crippen LogP contribution in [0.1, 0.15) is 13.3 Å². The quantitative estimate of drug-likeness (QED) is 0.620. The molecule has 0 aromatic heterocycles. The molecule has 0 bridgehead atoms. The molecule has 1 saturated heterocycles. The molecule has 88 valence electrons. The Kier molecular flexibility index (Phi) is 2.92. The van der Waals surface area contributed by atoms with Crippen LogP contribution in [0.3, 0.4) is 0 Å². The Morgan fingerprint density at radius 3 is 2.69 bits per heavy atom. The molecule has 1 fully saturated rings. The van der Waals surface area contributed by atoms with Gasteiger partial charge >= 0.3 is 0 Å². The minimum atomic E-state index is -0.178. The second kappa shape index (κ2) is 4.22. The van der Waals surface area contributed by atoms with Gasteiger partial charge in [-0.1, -0.05) is 6.92 Å². The maximum absolute atomic E-state index is 9.67. The summed E-state index contributed by atoms with van der Waals surface area (Å²) in [6.07, 6.45) is 0.633. The lowest BCUT2D eigenvalue weighted by molar-refractivity contribution is 0.0971. The third-order valence-corrected chi connectivity index (χ3v) is 3.30. The van der Waals surface area contributed by atoms with Crippen LogP contribution in [-0.4, -0.2) is 24.3 Å². The Hall–Kier alpha value is -1.42. The van der Waals surface area contributed by atoms with Crippen molar-refractivity contribution < 1.29 is 5.11 Å². The summed E-state index contributed by atoms with van der Waals surface area (Å²) in [5.41, 5.74) is 13.8. The van der Waals surface area contributed by atoms with Crippen LogP contribution >= 0.6 is 0 Å². The summed E-state index contributed by atoms with van der Waals surface area (Å²) in [7, 11) is 0. The molecule has 1 aliphatic rings. The van der Waals surface area contributed by atoms with Crippen molar-refractivity contribution in [1.29, 1.82) is 0 Å². The summed E-state index contributed by atoms with van der Waals surface area (Å²) >= 11 is 0. The smallest absolute Gasteiger partial charge is 0.0599 e. The normalized spacial score (nSPS) is 25.8. The second-order valence-corrected chi connectivity index (χ2v) is 4.59. The molecule has 4 heteroatoms. The Balaban J connectivity index is 2.15. The van der Waals surface area contributed by atoms with E-state index >= 15 is 0 Å². The molecule has 16 heavy (non-hydrogen) atoms.